The van der Waals surface area contributed by atoms with Crippen molar-refractivity contribution in [1.29, 1.82) is 0 Å². The zero-order valence-corrected chi connectivity index (χ0v) is 13.3. The summed E-state index contributed by atoms with van der Waals surface area (Å²) in [6.45, 7) is 5.78. The summed E-state index contributed by atoms with van der Waals surface area (Å²) in [7, 11) is 5.56. The van der Waals surface area contributed by atoms with Gasteiger partial charge in [-0.15, -0.1) is 24.8 Å². The predicted molar refractivity (Wildman–Crippen MR) is 80.0 cm³/mol. The second kappa shape index (κ2) is 15.0. The van der Waals surface area contributed by atoms with Crippen LogP contribution in [0.3, 0.4) is 0 Å². The number of carbonyl (C=O) groups is 1. The zero-order chi connectivity index (χ0) is 12.4. The van der Waals surface area contributed by atoms with Crippen molar-refractivity contribution in [3.8, 4) is 0 Å². The van der Waals surface area contributed by atoms with Gasteiger partial charge >= 0.3 is 0 Å². The number of hydrogen-bond donors (Lipinski definition) is 2. The van der Waals surface area contributed by atoms with Gasteiger partial charge in [-0.05, 0) is 14.1 Å². The predicted octanol–water partition coefficient (Wildman–Crippen LogP) is 0.380. The molecular formula is C11H27Cl2N3O2. The number of ether oxygens (including phenoxy) is 1. The van der Waals surface area contributed by atoms with Crippen LogP contribution in [0.1, 0.15) is 6.92 Å². The lowest BCUT2D eigenvalue weighted by molar-refractivity contribution is -0.124. The van der Waals surface area contributed by atoms with Crippen LogP contribution in [0.4, 0.5) is 0 Å². The maximum Gasteiger partial charge on any atom is 0.224 e. The third-order valence-corrected chi connectivity index (χ3v) is 2.43. The molecule has 5 nitrogen and oxygen atoms in total. The molecule has 0 aliphatic heterocycles. The van der Waals surface area contributed by atoms with E-state index in [9.17, 15) is 4.79 Å². The fraction of sp³-hybridized carbons (Fsp3) is 0.909. The fourth-order valence-electron chi connectivity index (χ4n) is 1.30. The topological polar surface area (TPSA) is 53.6 Å². The number of amides is 1. The molecule has 0 aliphatic carbocycles. The molecule has 1 amide bonds. The number of likely N-dealkylation sites (N-methyl/N-ethyl adjacent to an activating group) is 1. The maximum atomic E-state index is 11.5. The van der Waals surface area contributed by atoms with E-state index in [4.69, 9.17) is 4.74 Å². The fourth-order valence-corrected chi connectivity index (χ4v) is 1.30. The van der Waals surface area contributed by atoms with Crippen LogP contribution in [-0.2, 0) is 9.53 Å². The lowest BCUT2D eigenvalue weighted by Crippen LogP contribution is -2.39. The normalized spacial score (nSPS) is 11.4. The van der Waals surface area contributed by atoms with Gasteiger partial charge in [-0.2, -0.15) is 0 Å². The van der Waals surface area contributed by atoms with Crippen molar-refractivity contribution >= 4 is 30.7 Å². The molecule has 0 heterocycles. The van der Waals surface area contributed by atoms with Gasteiger partial charge in [0, 0.05) is 39.2 Å². The lowest BCUT2D eigenvalue weighted by Gasteiger charge is -2.17. The molecule has 0 saturated heterocycles. The zero-order valence-electron chi connectivity index (χ0n) is 11.7. The molecule has 2 N–H and O–H groups in total. The van der Waals surface area contributed by atoms with Crippen molar-refractivity contribution in [3.05, 3.63) is 0 Å². The van der Waals surface area contributed by atoms with Gasteiger partial charge in [-0.25, -0.2) is 0 Å². The highest BCUT2D eigenvalue weighted by atomic mass is 35.5. The maximum absolute atomic E-state index is 11.5. The van der Waals surface area contributed by atoms with E-state index in [2.05, 4.69) is 15.5 Å². The molecule has 1 unspecified atom stereocenters. The van der Waals surface area contributed by atoms with Gasteiger partial charge in [0.25, 0.3) is 0 Å². The molecule has 0 aliphatic rings. The Morgan fingerprint density at radius 3 is 2.44 bits per heavy atom. The molecule has 0 saturated carbocycles. The summed E-state index contributed by atoms with van der Waals surface area (Å²) in [6.07, 6.45) is 0. The standard InChI is InChI=1S/C11H25N3O2.2ClH/c1-10(9-12-2)11(15)13-5-6-14(3)7-8-16-4;;/h10,12H,5-9H2,1-4H3,(H,13,15);2*1H. The van der Waals surface area contributed by atoms with Gasteiger partial charge < -0.3 is 20.3 Å². The van der Waals surface area contributed by atoms with Gasteiger partial charge in [0.1, 0.15) is 0 Å². The van der Waals surface area contributed by atoms with Crippen LogP contribution in [0.2, 0.25) is 0 Å². The molecule has 112 valence electrons. The van der Waals surface area contributed by atoms with Gasteiger partial charge in [-0.3, -0.25) is 4.79 Å². The number of carbonyl (C=O) groups excluding carboxylic acids is 1. The summed E-state index contributed by atoms with van der Waals surface area (Å²) < 4.78 is 4.97. The smallest absolute Gasteiger partial charge is 0.224 e. The molecule has 1 atom stereocenters. The molecular weight excluding hydrogens is 277 g/mol. The molecule has 0 spiro atoms. The molecule has 0 fully saturated rings. The van der Waals surface area contributed by atoms with Gasteiger partial charge in [-0.1, -0.05) is 6.92 Å². The minimum atomic E-state index is 0. The summed E-state index contributed by atoms with van der Waals surface area (Å²) in [5, 5.41) is 5.90. The second-order valence-corrected chi connectivity index (χ2v) is 4.05. The molecule has 0 aromatic heterocycles. The third kappa shape index (κ3) is 12.4. The first-order valence-electron chi connectivity index (χ1n) is 5.71. The Bertz CT molecular complexity index is 197. The van der Waals surface area contributed by atoms with Crippen LogP contribution in [0, 0.1) is 5.92 Å². The number of halogens is 2. The Kier molecular flexibility index (Phi) is 19.2. The van der Waals surface area contributed by atoms with Crippen LogP contribution < -0.4 is 10.6 Å². The SMILES string of the molecule is CNCC(C)C(=O)NCCN(C)CCOC.Cl.Cl. The number of rotatable bonds is 9. The Balaban J connectivity index is -0.00000112. The molecule has 0 rings (SSSR count). The first-order chi connectivity index (χ1) is 7.61. The van der Waals surface area contributed by atoms with Crippen molar-refractivity contribution in [3.63, 3.8) is 0 Å². The monoisotopic (exact) mass is 303 g/mol. The summed E-state index contributed by atoms with van der Waals surface area (Å²) >= 11 is 0. The third-order valence-electron chi connectivity index (χ3n) is 2.43. The highest BCUT2D eigenvalue weighted by molar-refractivity contribution is 5.85. The van der Waals surface area contributed by atoms with Crippen LogP contribution in [0.5, 0.6) is 0 Å². The van der Waals surface area contributed by atoms with Gasteiger partial charge in [0.2, 0.25) is 5.91 Å². The average molecular weight is 304 g/mol. The van der Waals surface area contributed by atoms with Crippen LogP contribution in [0.15, 0.2) is 0 Å². The van der Waals surface area contributed by atoms with Gasteiger partial charge in [0.15, 0.2) is 0 Å². The molecule has 0 aromatic carbocycles. The molecule has 0 aromatic rings. The van der Waals surface area contributed by atoms with Crippen molar-refractivity contribution in [1.82, 2.24) is 15.5 Å². The molecule has 0 bridgehead atoms. The summed E-state index contributed by atoms with van der Waals surface area (Å²) in [5.41, 5.74) is 0. The Morgan fingerprint density at radius 2 is 1.94 bits per heavy atom. The number of methoxy groups -OCH3 is 1. The highest BCUT2D eigenvalue weighted by Crippen LogP contribution is 1.91. The highest BCUT2D eigenvalue weighted by Gasteiger charge is 2.10. The van der Waals surface area contributed by atoms with Crippen molar-refractivity contribution in [2.75, 3.05) is 54.0 Å². The Morgan fingerprint density at radius 1 is 1.33 bits per heavy atom. The van der Waals surface area contributed by atoms with E-state index in [1.54, 1.807) is 7.11 Å². The van der Waals surface area contributed by atoms with Crippen LogP contribution >= 0.6 is 24.8 Å². The first-order valence-corrected chi connectivity index (χ1v) is 5.71. The van der Waals surface area contributed by atoms with Crippen molar-refractivity contribution < 1.29 is 9.53 Å². The molecule has 18 heavy (non-hydrogen) atoms. The van der Waals surface area contributed by atoms with E-state index >= 15 is 0 Å². The minimum Gasteiger partial charge on any atom is -0.383 e. The summed E-state index contributed by atoms with van der Waals surface area (Å²) in [5.74, 6) is 0.128. The van der Waals surface area contributed by atoms with E-state index in [0.717, 1.165) is 19.7 Å². The minimum absolute atomic E-state index is 0. The van der Waals surface area contributed by atoms with Crippen molar-refractivity contribution in [2.24, 2.45) is 5.92 Å². The number of hydrogen-bond acceptors (Lipinski definition) is 4. The van der Waals surface area contributed by atoms with E-state index in [-0.39, 0.29) is 36.6 Å². The van der Waals surface area contributed by atoms with E-state index in [0.29, 0.717) is 13.1 Å². The number of nitrogens with zero attached hydrogens (tertiary/aromatic N) is 1. The first kappa shape index (κ1) is 23.1. The van der Waals surface area contributed by atoms with Crippen LogP contribution in [-0.4, -0.2) is 64.8 Å². The molecule has 7 heteroatoms. The van der Waals surface area contributed by atoms with E-state index in [1.807, 2.05) is 21.0 Å². The second-order valence-electron chi connectivity index (χ2n) is 4.05. The average Bonchev–Trinajstić information content (AvgIpc) is 2.26. The van der Waals surface area contributed by atoms with Gasteiger partial charge in [0.05, 0.1) is 6.61 Å². The Labute approximate surface area is 123 Å². The lowest BCUT2D eigenvalue weighted by atomic mass is 10.1. The molecule has 0 radical (unpaired) electrons. The quantitative estimate of drug-likeness (QED) is 0.647. The largest absolute Gasteiger partial charge is 0.383 e. The van der Waals surface area contributed by atoms with E-state index in [1.165, 1.54) is 0 Å². The van der Waals surface area contributed by atoms with Crippen LogP contribution in [0.25, 0.3) is 0 Å². The Hall–Kier alpha value is -0.0700. The summed E-state index contributed by atoms with van der Waals surface area (Å²) in [4.78, 5) is 13.7. The van der Waals surface area contributed by atoms with Crippen molar-refractivity contribution in [2.45, 2.75) is 6.92 Å². The number of nitrogens with one attached hydrogen (secondary N) is 2. The van der Waals surface area contributed by atoms with E-state index < -0.39 is 0 Å². The summed E-state index contributed by atoms with van der Waals surface area (Å²) in [6, 6.07) is 0.